The molecule has 0 aliphatic carbocycles. The molecule has 3 aliphatic rings. The number of methoxy groups -OCH3 is 2. The fraction of sp³-hybridized carbons (Fsp3) is 0.442. The summed E-state index contributed by atoms with van der Waals surface area (Å²) in [5.74, 6) is -3.77. The van der Waals surface area contributed by atoms with E-state index in [0.29, 0.717) is 5.56 Å². The molecule has 3 saturated heterocycles. The van der Waals surface area contributed by atoms with Gasteiger partial charge in [0.25, 0.3) is 0 Å². The number of phenolic OH excluding ortho intramolecular Hbond substituents is 4. The van der Waals surface area contributed by atoms with Gasteiger partial charge in [-0.15, -0.1) is 0 Å². The number of aromatic hydroxyl groups is 4. The summed E-state index contributed by atoms with van der Waals surface area (Å²) < 4.78 is 56.8. The normalized spacial score (nSPS) is 31.1. The molecule has 364 valence electrons. The average molecular weight is 950 g/mol. The van der Waals surface area contributed by atoms with Crippen molar-refractivity contribution in [2.75, 3.05) is 34.0 Å². The Balaban J connectivity index is 1.25. The predicted molar refractivity (Wildman–Crippen MR) is 221 cm³/mol. The topological polar surface area (TPSA) is 374 Å². The second kappa shape index (κ2) is 20.6. The Morgan fingerprint density at radius 3 is 2.03 bits per heavy atom. The molecule has 24 nitrogen and oxygen atoms in total. The second-order valence-corrected chi connectivity index (χ2v) is 15.5. The van der Waals surface area contributed by atoms with Gasteiger partial charge >= 0.3 is 17.3 Å². The van der Waals surface area contributed by atoms with Crippen molar-refractivity contribution in [3.8, 4) is 57.3 Å². The number of carbonyl (C=O) groups excluding carboxylic acids is 1. The first-order valence-corrected chi connectivity index (χ1v) is 20.4. The van der Waals surface area contributed by atoms with Crippen molar-refractivity contribution in [2.24, 2.45) is 0 Å². The highest BCUT2D eigenvalue weighted by Crippen LogP contribution is 2.44. The quantitative estimate of drug-likeness (QED) is 0.0290. The molecule has 3 aliphatic heterocycles. The number of esters is 1. The minimum absolute atomic E-state index is 0.00471. The largest absolute Gasteiger partial charge is 0.507 e. The third kappa shape index (κ3) is 10.4. The highest BCUT2D eigenvalue weighted by molar-refractivity contribution is 5.89. The molecular formula is C43H49O24+. The van der Waals surface area contributed by atoms with E-state index in [1.807, 2.05) is 0 Å². The molecule has 13 N–H and O–H groups in total. The van der Waals surface area contributed by atoms with Crippen LogP contribution in [-0.2, 0) is 28.5 Å². The maximum Gasteiger partial charge on any atom is 0.402 e. The highest BCUT2D eigenvalue weighted by atomic mass is 16.8. The van der Waals surface area contributed by atoms with Gasteiger partial charge in [0.2, 0.25) is 24.1 Å². The first-order chi connectivity index (χ1) is 31.9. The zero-order valence-electron chi connectivity index (χ0n) is 35.3. The van der Waals surface area contributed by atoms with Crippen LogP contribution in [0.4, 0.5) is 0 Å². The molecule has 0 radical (unpaired) electrons. The third-order valence-electron chi connectivity index (χ3n) is 11.1. The first kappa shape index (κ1) is 49.1. The summed E-state index contributed by atoms with van der Waals surface area (Å²) in [6.07, 6.45) is -22.8. The summed E-state index contributed by atoms with van der Waals surface area (Å²) in [7, 11) is 2.62. The van der Waals surface area contributed by atoms with Crippen LogP contribution in [0.15, 0.2) is 59.0 Å². The van der Waals surface area contributed by atoms with Crippen molar-refractivity contribution in [3.05, 3.63) is 60.2 Å². The molecule has 0 spiro atoms. The molecule has 7 rings (SSSR count). The van der Waals surface area contributed by atoms with E-state index in [-0.39, 0.29) is 51.0 Å². The SMILES string of the molecule is COc1cc(C=CC(=O)OC[C@H]2O[C@@H](Oc3cc4c(O[C@@H]5O[C@H](CO)[C@@H](O)[C@H](O)[C@H]5O)cc(O)cc4[o+]c3-c3ccc(O)c(O)c3)[C@H](O[C@@H]3OC[C@@H](O)[C@H](O)[C@H]3O)[C@@H](O)[C@@H]2O)cc(OC)c1O. The van der Waals surface area contributed by atoms with Crippen molar-refractivity contribution in [1.29, 1.82) is 0 Å². The van der Waals surface area contributed by atoms with Gasteiger partial charge in [-0.2, -0.15) is 0 Å². The number of benzene rings is 3. The summed E-state index contributed by atoms with van der Waals surface area (Å²) in [5.41, 5.74) is 0.183. The van der Waals surface area contributed by atoms with Gasteiger partial charge in [0, 0.05) is 24.3 Å². The van der Waals surface area contributed by atoms with Crippen LogP contribution in [0.25, 0.3) is 28.4 Å². The van der Waals surface area contributed by atoms with Crippen LogP contribution in [-0.4, -0.2) is 192 Å². The van der Waals surface area contributed by atoms with Crippen molar-refractivity contribution in [3.63, 3.8) is 0 Å². The Morgan fingerprint density at radius 2 is 1.36 bits per heavy atom. The Hall–Kier alpha value is -5.84. The van der Waals surface area contributed by atoms with Gasteiger partial charge in [-0.05, 0) is 35.9 Å². The number of carbonyl (C=O) groups is 1. The van der Waals surface area contributed by atoms with E-state index in [1.165, 1.54) is 44.6 Å². The van der Waals surface area contributed by atoms with Crippen LogP contribution < -0.4 is 18.9 Å². The summed E-state index contributed by atoms with van der Waals surface area (Å²) in [5, 5.41) is 137. The Morgan fingerprint density at radius 1 is 0.701 bits per heavy atom. The second-order valence-electron chi connectivity index (χ2n) is 15.5. The lowest BCUT2D eigenvalue weighted by Crippen LogP contribution is -2.64. The molecule has 3 fully saturated rings. The number of hydrogen-bond acceptors (Lipinski definition) is 23. The number of aliphatic hydroxyl groups is 9. The lowest BCUT2D eigenvalue weighted by atomic mass is 9.98. The number of fused-ring (bicyclic) bond motifs is 1. The number of phenols is 4. The van der Waals surface area contributed by atoms with Gasteiger partial charge in [-0.25, -0.2) is 9.21 Å². The summed E-state index contributed by atoms with van der Waals surface area (Å²) in [4.78, 5) is 13.0. The zero-order chi connectivity index (χ0) is 48.4. The molecule has 3 aromatic carbocycles. The fourth-order valence-corrected chi connectivity index (χ4v) is 7.36. The fourth-order valence-electron chi connectivity index (χ4n) is 7.36. The average Bonchev–Trinajstić information content (AvgIpc) is 3.31. The van der Waals surface area contributed by atoms with Crippen LogP contribution >= 0.6 is 0 Å². The molecule has 24 heteroatoms. The number of rotatable bonds is 14. The van der Waals surface area contributed by atoms with Crippen molar-refractivity contribution >= 4 is 23.0 Å². The summed E-state index contributed by atoms with van der Waals surface area (Å²) in [6.45, 7) is -2.09. The Bertz CT molecular complexity index is 2390. The lowest BCUT2D eigenvalue weighted by molar-refractivity contribution is -0.345. The standard InChI is InChI=1S/C43H48O24/c1-58-25-7-16(8-26(59-2)32(25)51)3-6-30(49)60-15-29-34(53)36(55)40(67-41-37(56)31(50)22(48)14-61-41)43(66-29)64-27-12-19-23(62-39(27)17-4-5-20(46)21(47)9-17)10-18(45)11-24(19)63-42-38(57)35(54)33(52)28(13-44)65-42/h3-12,22,28-29,31,33-38,40-44,48,50,52-57H,13-15H2,1-2H3,(H3-,45,46,47,49,51)/p+1/t22-,28-,29-,31+,33-,34-,35+,36+,37-,38-,40-,41+,42-,43-/m1/s1. The number of hydrogen-bond donors (Lipinski definition) is 13. The maximum absolute atomic E-state index is 13.0. The molecular weight excluding hydrogens is 900 g/mol. The van der Waals surface area contributed by atoms with Gasteiger partial charge in [-0.1, -0.05) is 0 Å². The highest BCUT2D eigenvalue weighted by Gasteiger charge is 2.51. The van der Waals surface area contributed by atoms with E-state index >= 15 is 0 Å². The monoisotopic (exact) mass is 949 g/mol. The maximum atomic E-state index is 13.0. The molecule has 14 atom stereocenters. The predicted octanol–water partition coefficient (Wildman–Crippen LogP) is -1.69. The van der Waals surface area contributed by atoms with E-state index in [0.717, 1.165) is 30.3 Å². The molecule has 0 saturated carbocycles. The lowest BCUT2D eigenvalue weighted by Gasteiger charge is -2.44. The van der Waals surface area contributed by atoms with Gasteiger partial charge in [-0.3, -0.25) is 0 Å². The van der Waals surface area contributed by atoms with Crippen molar-refractivity contribution in [2.45, 2.75) is 86.0 Å². The van der Waals surface area contributed by atoms with E-state index in [1.54, 1.807) is 0 Å². The van der Waals surface area contributed by atoms with Crippen molar-refractivity contribution in [1.82, 2.24) is 0 Å². The third-order valence-corrected chi connectivity index (χ3v) is 11.1. The molecule has 4 aromatic rings. The molecule has 4 heterocycles. The number of aliphatic hydroxyl groups excluding tert-OH is 9. The molecule has 0 unspecified atom stereocenters. The van der Waals surface area contributed by atoms with Crippen LogP contribution in [0.5, 0.6) is 46.0 Å². The Kier molecular flexibility index (Phi) is 15.1. The molecule has 1 aromatic heterocycles. The molecule has 67 heavy (non-hydrogen) atoms. The van der Waals surface area contributed by atoms with Gasteiger partial charge < -0.3 is 109 Å². The van der Waals surface area contributed by atoms with Gasteiger partial charge in [0.05, 0.1) is 39.1 Å². The summed E-state index contributed by atoms with van der Waals surface area (Å²) in [6, 6.07) is 9.65. The van der Waals surface area contributed by atoms with E-state index < -0.39 is 129 Å². The number of ether oxygens (including phenoxy) is 9. The van der Waals surface area contributed by atoms with E-state index in [9.17, 15) is 71.2 Å². The summed E-state index contributed by atoms with van der Waals surface area (Å²) >= 11 is 0. The molecule has 0 amide bonds. The molecule has 0 bridgehead atoms. The van der Waals surface area contributed by atoms with Gasteiger partial charge in [0.1, 0.15) is 84.5 Å². The zero-order valence-corrected chi connectivity index (χ0v) is 35.3. The Labute approximate surface area is 378 Å². The van der Waals surface area contributed by atoms with E-state index in [4.69, 9.17) is 47.0 Å². The first-order valence-electron chi connectivity index (χ1n) is 20.4. The van der Waals surface area contributed by atoms with Crippen LogP contribution in [0, 0.1) is 0 Å². The van der Waals surface area contributed by atoms with Crippen LogP contribution in [0.1, 0.15) is 5.56 Å². The minimum atomic E-state index is -2.03. The van der Waals surface area contributed by atoms with Crippen LogP contribution in [0.3, 0.4) is 0 Å². The smallest absolute Gasteiger partial charge is 0.402 e. The minimum Gasteiger partial charge on any atom is -0.507 e. The van der Waals surface area contributed by atoms with Gasteiger partial charge in [0.15, 0.2) is 35.4 Å². The van der Waals surface area contributed by atoms with Crippen LogP contribution in [0.2, 0.25) is 0 Å². The van der Waals surface area contributed by atoms with E-state index in [2.05, 4.69) is 0 Å². The van der Waals surface area contributed by atoms with Crippen molar-refractivity contribution < 1.29 is 118 Å².